The van der Waals surface area contributed by atoms with Crippen molar-refractivity contribution in [2.45, 2.75) is 72.3 Å². The number of rotatable bonds is 16. The molecule has 0 amide bonds. The lowest BCUT2D eigenvalue weighted by Gasteiger charge is -2.26. The molecular weight excluding hydrogens is 526 g/mol. The Morgan fingerprint density at radius 2 is 1.38 bits per heavy atom. The number of carbonyl (C=O) groups excluding carboxylic acids is 4. The fourth-order valence-electron chi connectivity index (χ4n) is 3.23. The van der Waals surface area contributed by atoms with E-state index in [2.05, 4.69) is 0 Å². The molecule has 0 unspecified atom stereocenters. The topological polar surface area (TPSA) is 159 Å². The highest BCUT2D eigenvalue weighted by atomic mass is 16.7. The van der Waals surface area contributed by atoms with Gasteiger partial charge in [-0.15, -0.1) is 0 Å². The van der Waals surface area contributed by atoms with Gasteiger partial charge in [0, 0.05) is 12.8 Å². The normalized spacial score (nSPS) is 12.3. The molecule has 2 N–H and O–H groups in total. The zero-order chi connectivity index (χ0) is 30.1. The van der Waals surface area contributed by atoms with E-state index in [4.69, 9.17) is 38.9 Å². The van der Waals surface area contributed by atoms with Crippen LogP contribution < -0.4 is 15.2 Å². The van der Waals surface area contributed by atoms with Crippen LogP contribution in [-0.4, -0.2) is 63.5 Å². The molecule has 40 heavy (non-hydrogen) atoms. The van der Waals surface area contributed by atoms with Crippen molar-refractivity contribution >= 4 is 24.4 Å². The van der Waals surface area contributed by atoms with Gasteiger partial charge in [-0.25, -0.2) is 14.4 Å². The van der Waals surface area contributed by atoms with Crippen LogP contribution >= 0.6 is 0 Å². The van der Waals surface area contributed by atoms with Crippen LogP contribution in [0.15, 0.2) is 18.2 Å². The van der Waals surface area contributed by atoms with Crippen molar-refractivity contribution in [2.24, 2.45) is 17.6 Å². The first-order valence-corrected chi connectivity index (χ1v) is 13.4. The standard InChI is InChI=1S/C28H43NO11/c1-7-8-9-13-35-25(31)36-14-12-28(29,24(30)34-6)16-21-10-11-22(39-26(32)37-17-19(2)3)23(15-21)40-27(33)38-18-20(4)5/h10-11,15,19-20H,7-9,12-14,16-18,29H2,1-6H3/t28-/m1/s1. The van der Waals surface area contributed by atoms with Gasteiger partial charge in [0.1, 0.15) is 5.54 Å². The number of unbranched alkanes of at least 4 members (excludes halogenated alkanes) is 2. The summed E-state index contributed by atoms with van der Waals surface area (Å²) in [6.45, 7) is 9.75. The van der Waals surface area contributed by atoms with Crippen molar-refractivity contribution in [3.63, 3.8) is 0 Å². The highest BCUT2D eigenvalue weighted by Crippen LogP contribution is 2.31. The van der Waals surface area contributed by atoms with E-state index in [9.17, 15) is 19.2 Å². The van der Waals surface area contributed by atoms with E-state index >= 15 is 0 Å². The van der Waals surface area contributed by atoms with Crippen LogP contribution in [0, 0.1) is 11.8 Å². The van der Waals surface area contributed by atoms with Crippen molar-refractivity contribution in [1.82, 2.24) is 0 Å². The molecule has 0 aliphatic rings. The van der Waals surface area contributed by atoms with Crippen molar-refractivity contribution in [1.29, 1.82) is 0 Å². The van der Waals surface area contributed by atoms with Gasteiger partial charge in [-0.2, -0.15) is 0 Å². The Balaban J connectivity index is 3.05. The maximum absolute atomic E-state index is 12.6. The molecule has 1 atom stereocenters. The summed E-state index contributed by atoms with van der Waals surface area (Å²) in [6, 6.07) is 4.29. The number of nitrogens with two attached hydrogens (primary N) is 1. The average molecular weight is 570 g/mol. The van der Waals surface area contributed by atoms with Crippen LogP contribution in [-0.2, 0) is 34.9 Å². The van der Waals surface area contributed by atoms with Gasteiger partial charge in [-0.05, 0) is 36.0 Å². The summed E-state index contributed by atoms with van der Waals surface area (Å²) in [5.74, 6) is -0.849. The Morgan fingerprint density at radius 1 is 0.800 bits per heavy atom. The van der Waals surface area contributed by atoms with E-state index < -0.39 is 30.0 Å². The summed E-state index contributed by atoms with van der Waals surface area (Å²) in [5.41, 5.74) is 5.21. The van der Waals surface area contributed by atoms with Gasteiger partial charge in [0.05, 0.1) is 33.5 Å². The molecule has 0 aliphatic carbocycles. The molecule has 12 nitrogen and oxygen atoms in total. The predicted molar refractivity (Wildman–Crippen MR) is 144 cm³/mol. The quantitative estimate of drug-likeness (QED) is 0.120. The Morgan fingerprint density at radius 3 is 1.93 bits per heavy atom. The zero-order valence-electron chi connectivity index (χ0n) is 24.3. The molecule has 1 rings (SSSR count). The summed E-state index contributed by atoms with van der Waals surface area (Å²) in [7, 11) is 1.19. The van der Waals surface area contributed by atoms with Crippen LogP contribution in [0.1, 0.15) is 65.9 Å². The monoisotopic (exact) mass is 569 g/mol. The van der Waals surface area contributed by atoms with E-state index in [0.717, 1.165) is 19.3 Å². The first-order valence-electron chi connectivity index (χ1n) is 13.4. The molecule has 1 aromatic carbocycles. The van der Waals surface area contributed by atoms with Gasteiger partial charge < -0.3 is 38.9 Å². The number of carbonyl (C=O) groups is 4. The minimum absolute atomic E-state index is 0.0642. The molecule has 0 bridgehead atoms. The second-order valence-electron chi connectivity index (χ2n) is 10.1. The number of hydrogen-bond acceptors (Lipinski definition) is 12. The molecule has 0 heterocycles. The Kier molecular flexibility index (Phi) is 15.5. The van der Waals surface area contributed by atoms with Crippen molar-refractivity contribution in [3.05, 3.63) is 23.8 Å². The third-order valence-electron chi connectivity index (χ3n) is 5.31. The summed E-state index contributed by atoms with van der Waals surface area (Å²) < 4.78 is 35.6. The lowest BCUT2D eigenvalue weighted by Crippen LogP contribution is -2.51. The first kappa shape index (κ1) is 34.5. The molecule has 226 valence electrons. The highest BCUT2D eigenvalue weighted by Gasteiger charge is 2.36. The van der Waals surface area contributed by atoms with Gasteiger partial charge in [0.2, 0.25) is 0 Å². The zero-order valence-corrected chi connectivity index (χ0v) is 24.3. The van der Waals surface area contributed by atoms with E-state index in [1.165, 1.54) is 25.3 Å². The van der Waals surface area contributed by atoms with E-state index in [-0.39, 0.29) is 62.6 Å². The fourth-order valence-corrected chi connectivity index (χ4v) is 3.23. The third kappa shape index (κ3) is 13.5. The second-order valence-corrected chi connectivity index (χ2v) is 10.1. The SMILES string of the molecule is CCCCCOC(=O)OCC[C@@](N)(Cc1ccc(OC(=O)OCC(C)C)c(OC(=O)OCC(C)C)c1)C(=O)OC. The molecule has 0 aliphatic heterocycles. The third-order valence-corrected chi connectivity index (χ3v) is 5.31. The lowest BCUT2D eigenvalue weighted by atomic mass is 9.88. The van der Waals surface area contributed by atoms with Gasteiger partial charge in [-0.3, -0.25) is 4.79 Å². The second kappa shape index (κ2) is 17.9. The lowest BCUT2D eigenvalue weighted by molar-refractivity contribution is -0.147. The molecule has 0 fully saturated rings. The van der Waals surface area contributed by atoms with Crippen LogP contribution in [0.5, 0.6) is 11.5 Å². The summed E-state index contributed by atoms with van der Waals surface area (Å²) in [5, 5.41) is 0. The number of benzene rings is 1. The van der Waals surface area contributed by atoms with Gasteiger partial charge >= 0.3 is 24.4 Å². The van der Waals surface area contributed by atoms with Crippen LogP contribution in [0.2, 0.25) is 0 Å². The molecule has 12 heteroatoms. The minimum Gasteiger partial charge on any atom is -0.468 e. The maximum Gasteiger partial charge on any atom is 0.513 e. The molecule has 0 aromatic heterocycles. The van der Waals surface area contributed by atoms with Crippen LogP contribution in [0.25, 0.3) is 0 Å². The van der Waals surface area contributed by atoms with Crippen molar-refractivity contribution in [2.75, 3.05) is 33.5 Å². The Hall–Kier alpha value is -3.54. The van der Waals surface area contributed by atoms with E-state index in [1.807, 2.05) is 34.6 Å². The predicted octanol–water partition coefficient (Wildman–Crippen LogP) is 5.18. The Labute approximate surface area is 235 Å². The van der Waals surface area contributed by atoms with E-state index in [1.54, 1.807) is 0 Å². The molecule has 0 saturated heterocycles. The molecule has 0 spiro atoms. The maximum atomic E-state index is 12.6. The molecule has 0 radical (unpaired) electrons. The number of hydrogen-bond donors (Lipinski definition) is 1. The van der Waals surface area contributed by atoms with Crippen molar-refractivity contribution < 1.29 is 52.3 Å². The van der Waals surface area contributed by atoms with Gasteiger partial charge in [-0.1, -0.05) is 53.5 Å². The van der Waals surface area contributed by atoms with E-state index in [0.29, 0.717) is 5.56 Å². The molecule has 0 saturated carbocycles. The Bertz CT molecular complexity index is 964. The summed E-state index contributed by atoms with van der Waals surface area (Å²) >= 11 is 0. The van der Waals surface area contributed by atoms with Crippen LogP contribution in [0.4, 0.5) is 14.4 Å². The molecular formula is C28H43NO11. The number of methoxy groups -OCH3 is 1. The summed E-state index contributed by atoms with van der Waals surface area (Å²) in [6.07, 6.45) is -0.406. The van der Waals surface area contributed by atoms with Gasteiger partial charge in [0.25, 0.3) is 0 Å². The summed E-state index contributed by atoms with van der Waals surface area (Å²) in [4.78, 5) is 48.8. The first-order chi connectivity index (χ1) is 18.9. The van der Waals surface area contributed by atoms with Gasteiger partial charge in [0.15, 0.2) is 11.5 Å². The smallest absolute Gasteiger partial charge is 0.468 e. The number of ether oxygens (including phenoxy) is 7. The van der Waals surface area contributed by atoms with Crippen LogP contribution in [0.3, 0.4) is 0 Å². The fraction of sp³-hybridized carbons (Fsp3) is 0.643. The van der Waals surface area contributed by atoms with Crippen molar-refractivity contribution in [3.8, 4) is 11.5 Å². The number of esters is 1. The largest absolute Gasteiger partial charge is 0.513 e. The minimum atomic E-state index is -1.61. The molecule has 1 aromatic rings. The average Bonchev–Trinajstić information content (AvgIpc) is 2.89. The highest BCUT2D eigenvalue weighted by molar-refractivity contribution is 5.81.